The summed E-state index contributed by atoms with van der Waals surface area (Å²) >= 11 is 0. The lowest BCUT2D eigenvalue weighted by atomic mass is 9.79. The van der Waals surface area contributed by atoms with Crippen LogP contribution in [-0.4, -0.2) is 37.4 Å². The minimum Gasteiger partial charge on any atom is -0.465 e. The van der Waals surface area contributed by atoms with Crippen LogP contribution in [0.2, 0.25) is 0 Å². The van der Waals surface area contributed by atoms with Gasteiger partial charge in [-0.15, -0.1) is 0 Å². The number of rotatable bonds is 14. The molecule has 0 N–H and O–H groups in total. The van der Waals surface area contributed by atoms with Crippen molar-refractivity contribution in [1.82, 2.24) is 0 Å². The second-order valence-electron chi connectivity index (χ2n) is 8.01. The van der Waals surface area contributed by atoms with Crippen LogP contribution in [0.3, 0.4) is 0 Å². The number of hydrogen-bond acceptors (Lipinski definition) is 5. The summed E-state index contributed by atoms with van der Waals surface area (Å²) in [7, 11) is 0. The third-order valence-corrected chi connectivity index (χ3v) is 5.80. The molecule has 2 rings (SSSR count). The Morgan fingerprint density at radius 2 is 1.11 bits per heavy atom. The van der Waals surface area contributed by atoms with E-state index >= 15 is 0 Å². The Balaban J connectivity index is 1.73. The van der Waals surface area contributed by atoms with Gasteiger partial charge in [0.15, 0.2) is 0 Å². The number of ether oxygens (including phenoxy) is 3. The molecule has 0 saturated carbocycles. The van der Waals surface area contributed by atoms with Crippen molar-refractivity contribution in [3.05, 3.63) is 0 Å². The van der Waals surface area contributed by atoms with E-state index in [1.807, 2.05) is 0 Å². The van der Waals surface area contributed by atoms with E-state index in [0.29, 0.717) is 13.2 Å². The molecule has 0 aromatic heterocycles. The van der Waals surface area contributed by atoms with Crippen LogP contribution in [-0.2, 0) is 23.8 Å². The Kier molecular flexibility index (Phi) is 10.2. The zero-order valence-corrected chi connectivity index (χ0v) is 17.3. The van der Waals surface area contributed by atoms with Crippen molar-refractivity contribution in [2.45, 2.75) is 103 Å². The summed E-state index contributed by atoms with van der Waals surface area (Å²) in [5, 5.41) is 0. The van der Waals surface area contributed by atoms with E-state index in [0.717, 1.165) is 38.5 Å². The lowest BCUT2D eigenvalue weighted by Crippen LogP contribution is -2.40. The standard InChI is InChI=1S/C22H38O5/c1-3-5-7-9-11-15-25-21(23)19-17-13-14-18(27-17)20(19)22(24)26-16-12-10-8-6-4-2/h17-20H,3-16H2,1-2H3. The Morgan fingerprint density at radius 3 is 1.52 bits per heavy atom. The molecule has 0 radical (unpaired) electrons. The van der Waals surface area contributed by atoms with Crippen molar-refractivity contribution in [2.24, 2.45) is 11.8 Å². The first-order valence-electron chi connectivity index (χ1n) is 11.2. The molecule has 4 unspecified atom stereocenters. The summed E-state index contributed by atoms with van der Waals surface area (Å²) in [5.74, 6) is -1.51. The first-order valence-corrected chi connectivity index (χ1v) is 11.2. The summed E-state index contributed by atoms with van der Waals surface area (Å²) in [4.78, 5) is 25.2. The Hall–Kier alpha value is -1.10. The zero-order valence-electron chi connectivity index (χ0n) is 17.3. The molecule has 0 aromatic carbocycles. The molecule has 2 bridgehead atoms. The number of carbonyl (C=O) groups excluding carboxylic acids is 2. The summed E-state index contributed by atoms with van der Waals surface area (Å²) in [6.45, 7) is 5.24. The maximum Gasteiger partial charge on any atom is 0.312 e. The quantitative estimate of drug-likeness (QED) is 0.319. The van der Waals surface area contributed by atoms with Crippen LogP contribution in [0.1, 0.15) is 90.9 Å². The van der Waals surface area contributed by atoms with Crippen LogP contribution in [0.25, 0.3) is 0 Å². The molecule has 4 atom stereocenters. The van der Waals surface area contributed by atoms with Gasteiger partial charge >= 0.3 is 11.9 Å². The smallest absolute Gasteiger partial charge is 0.312 e. The van der Waals surface area contributed by atoms with Gasteiger partial charge in [-0.3, -0.25) is 9.59 Å². The van der Waals surface area contributed by atoms with Gasteiger partial charge in [-0.1, -0.05) is 65.2 Å². The van der Waals surface area contributed by atoms with Crippen LogP contribution < -0.4 is 0 Å². The highest BCUT2D eigenvalue weighted by Crippen LogP contribution is 2.44. The van der Waals surface area contributed by atoms with Gasteiger partial charge in [-0.25, -0.2) is 0 Å². The number of hydrogen-bond donors (Lipinski definition) is 0. The Labute approximate surface area is 164 Å². The second kappa shape index (κ2) is 12.4. The van der Waals surface area contributed by atoms with Gasteiger partial charge < -0.3 is 14.2 Å². The predicted octanol–water partition coefficient (Wildman–Crippen LogP) is 4.81. The third kappa shape index (κ3) is 6.78. The van der Waals surface area contributed by atoms with Crippen molar-refractivity contribution in [3.63, 3.8) is 0 Å². The van der Waals surface area contributed by atoms with E-state index in [9.17, 15) is 9.59 Å². The van der Waals surface area contributed by atoms with Crippen molar-refractivity contribution < 1.29 is 23.8 Å². The van der Waals surface area contributed by atoms with E-state index in [4.69, 9.17) is 14.2 Å². The SMILES string of the molecule is CCCCCCCOC(=O)C1C2CCC(O2)C1C(=O)OCCCCCCC. The van der Waals surface area contributed by atoms with Crippen molar-refractivity contribution >= 4 is 11.9 Å². The lowest BCUT2D eigenvalue weighted by molar-refractivity contribution is -0.161. The Morgan fingerprint density at radius 1 is 0.704 bits per heavy atom. The van der Waals surface area contributed by atoms with Crippen LogP contribution >= 0.6 is 0 Å². The molecule has 0 spiro atoms. The van der Waals surface area contributed by atoms with E-state index in [-0.39, 0.29) is 24.1 Å². The third-order valence-electron chi connectivity index (χ3n) is 5.80. The largest absolute Gasteiger partial charge is 0.465 e. The minimum absolute atomic E-state index is 0.176. The first kappa shape index (κ1) is 22.2. The fraction of sp³-hybridized carbons (Fsp3) is 0.909. The first-order chi connectivity index (χ1) is 13.2. The maximum atomic E-state index is 12.6. The van der Waals surface area contributed by atoms with Crippen LogP contribution in [0.4, 0.5) is 0 Å². The second-order valence-corrected chi connectivity index (χ2v) is 8.01. The summed E-state index contributed by atoms with van der Waals surface area (Å²) in [6.07, 6.45) is 12.5. The predicted molar refractivity (Wildman–Crippen MR) is 104 cm³/mol. The van der Waals surface area contributed by atoms with Crippen LogP contribution in [0, 0.1) is 11.8 Å². The summed E-state index contributed by atoms with van der Waals surface area (Å²) < 4.78 is 16.8. The molecule has 0 amide bonds. The minimum atomic E-state index is -0.480. The van der Waals surface area contributed by atoms with Gasteiger partial charge in [-0.05, 0) is 25.7 Å². The normalized spacial score (nSPS) is 26.3. The van der Waals surface area contributed by atoms with E-state index < -0.39 is 11.8 Å². The van der Waals surface area contributed by atoms with Crippen molar-refractivity contribution in [3.8, 4) is 0 Å². The van der Waals surface area contributed by atoms with E-state index in [2.05, 4.69) is 13.8 Å². The van der Waals surface area contributed by atoms with E-state index in [1.165, 1.54) is 38.5 Å². The molecule has 2 aliphatic heterocycles. The van der Waals surface area contributed by atoms with E-state index in [1.54, 1.807) is 0 Å². The van der Waals surface area contributed by atoms with Gasteiger partial charge in [0.1, 0.15) is 0 Å². The van der Waals surface area contributed by atoms with Crippen molar-refractivity contribution in [2.75, 3.05) is 13.2 Å². The Bertz CT molecular complexity index is 410. The fourth-order valence-corrected chi connectivity index (χ4v) is 4.23. The highest BCUT2D eigenvalue weighted by molar-refractivity contribution is 5.84. The molecule has 156 valence electrons. The number of esters is 2. The van der Waals surface area contributed by atoms with Gasteiger partial charge in [0, 0.05) is 0 Å². The van der Waals surface area contributed by atoms with Gasteiger partial charge in [0.2, 0.25) is 0 Å². The van der Waals surface area contributed by atoms with Gasteiger partial charge in [0.25, 0.3) is 0 Å². The monoisotopic (exact) mass is 382 g/mol. The fourth-order valence-electron chi connectivity index (χ4n) is 4.23. The van der Waals surface area contributed by atoms with Gasteiger partial charge in [0.05, 0.1) is 37.3 Å². The molecule has 2 aliphatic rings. The highest BCUT2D eigenvalue weighted by atomic mass is 16.6. The molecule has 27 heavy (non-hydrogen) atoms. The highest BCUT2D eigenvalue weighted by Gasteiger charge is 2.56. The summed E-state index contributed by atoms with van der Waals surface area (Å²) in [6, 6.07) is 0. The summed E-state index contributed by atoms with van der Waals surface area (Å²) in [5.41, 5.74) is 0. The molecule has 5 heteroatoms. The number of fused-ring (bicyclic) bond motifs is 2. The number of unbranched alkanes of at least 4 members (excludes halogenated alkanes) is 8. The topological polar surface area (TPSA) is 61.8 Å². The zero-order chi connectivity index (χ0) is 19.5. The van der Waals surface area contributed by atoms with Crippen LogP contribution in [0.5, 0.6) is 0 Å². The molecule has 2 saturated heterocycles. The molecule has 5 nitrogen and oxygen atoms in total. The molecule has 2 fully saturated rings. The lowest BCUT2D eigenvalue weighted by Gasteiger charge is -2.25. The maximum absolute atomic E-state index is 12.6. The molecule has 2 heterocycles. The molecular weight excluding hydrogens is 344 g/mol. The molecule has 0 aromatic rings. The molecular formula is C22H38O5. The average molecular weight is 383 g/mol. The molecule has 0 aliphatic carbocycles. The van der Waals surface area contributed by atoms with Crippen LogP contribution in [0.15, 0.2) is 0 Å². The average Bonchev–Trinajstić information content (AvgIpc) is 3.28. The number of carbonyl (C=O) groups is 2. The van der Waals surface area contributed by atoms with Crippen molar-refractivity contribution in [1.29, 1.82) is 0 Å². The van der Waals surface area contributed by atoms with Gasteiger partial charge in [-0.2, -0.15) is 0 Å².